The normalized spacial score (nSPS) is 14.6. The predicted molar refractivity (Wildman–Crippen MR) is 93.1 cm³/mol. The van der Waals surface area contributed by atoms with Crippen LogP contribution >= 0.6 is 0 Å². The molecule has 0 bridgehead atoms. The molecule has 0 radical (unpaired) electrons. The van der Waals surface area contributed by atoms with E-state index in [0.717, 1.165) is 18.5 Å². The third-order valence-corrected chi connectivity index (χ3v) is 4.56. The van der Waals surface area contributed by atoms with E-state index in [1.54, 1.807) is 18.2 Å². The molecule has 1 saturated carbocycles. The van der Waals surface area contributed by atoms with Crippen LogP contribution in [0.4, 0.5) is 0 Å². The Bertz CT molecular complexity index is 717. The van der Waals surface area contributed by atoms with E-state index in [1.807, 2.05) is 0 Å². The van der Waals surface area contributed by atoms with E-state index in [0.29, 0.717) is 18.0 Å². The summed E-state index contributed by atoms with van der Waals surface area (Å²) in [5.41, 5.74) is 2.71. The fourth-order valence-corrected chi connectivity index (χ4v) is 2.93. The molecule has 128 valence electrons. The molecule has 24 heavy (non-hydrogen) atoms. The Labute approximate surface area is 142 Å². The largest absolute Gasteiger partial charge is 0.507 e. The SMILES string of the molecule is CC(C)(CCNC(=O)c1ccccc1O)Cc1cc(C2CC2)[nH]n1. The highest BCUT2D eigenvalue weighted by Gasteiger charge is 2.27. The van der Waals surface area contributed by atoms with Gasteiger partial charge in [0.05, 0.1) is 11.3 Å². The quantitative estimate of drug-likeness (QED) is 0.729. The van der Waals surface area contributed by atoms with Crippen molar-refractivity contribution in [3.8, 4) is 5.75 Å². The Hall–Kier alpha value is -2.30. The lowest BCUT2D eigenvalue weighted by atomic mass is 9.84. The molecule has 0 aliphatic heterocycles. The summed E-state index contributed by atoms with van der Waals surface area (Å²) in [6.07, 6.45) is 4.26. The number of phenolic OH excluding ortho intramolecular Hbond substituents is 1. The van der Waals surface area contributed by atoms with Crippen LogP contribution in [0.2, 0.25) is 0 Å². The Morgan fingerprint density at radius 2 is 2.12 bits per heavy atom. The van der Waals surface area contributed by atoms with Crippen molar-refractivity contribution in [2.75, 3.05) is 6.54 Å². The Morgan fingerprint density at radius 1 is 1.38 bits per heavy atom. The molecule has 3 N–H and O–H groups in total. The number of hydrogen-bond acceptors (Lipinski definition) is 3. The van der Waals surface area contributed by atoms with Crippen molar-refractivity contribution >= 4 is 5.91 Å². The summed E-state index contributed by atoms with van der Waals surface area (Å²) >= 11 is 0. The third-order valence-electron chi connectivity index (χ3n) is 4.56. The fraction of sp³-hybridized carbons (Fsp3) is 0.474. The second-order valence-corrected chi connectivity index (χ2v) is 7.45. The molecule has 5 heteroatoms. The molecule has 0 atom stereocenters. The van der Waals surface area contributed by atoms with E-state index in [1.165, 1.54) is 24.6 Å². The Morgan fingerprint density at radius 3 is 2.83 bits per heavy atom. The van der Waals surface area contributed by atoms with E-state index in [-0.39, 0.29) is 17.1 Å². The van der Waals surface area contributed by atoms with Crippen molar-refractivity contribution in [3.63, 3.8) is 0 Å². The monoisotopic (exact) mass is 327 g/mol. The standard InChI is InChI=1S/C19H25N3O2/c1-19(2,12-14-11-16(22-21-14)13-7-8-13)9-10-20-18(24)15-5-3-4-6-17(15)23/h3-6,11,13,23H,7-10,12H2,1-2H3,(H,20,24)(H,21,22). The van der Waals surface area contributed by atoms with Gasteiger partial charge in [-0.05, 0) is 49.3 Å². The zero-order valence-corrected chi connectivity index (χ0v) is 14.3. The van der Waals surface area contributed by atoms with Gasteiger partial charge in [-0.25, -0.2) is 0 Å². The van der Waals surface area contributed by atoms with Gasteiger partial charge >= 0.3 is 0 Å². The molecule has 1 aromatic carbocycles. The van der Waals surface area contributed by atoms with Gasteiger partial charge < -0.3 is 10.4 Å². The molecule has 3 rings (SSSR count). The van der Waals surface area contributed by atoms with Gasteiger partial charge in [-0.3, -0.25) is 9.89 Å². The first-order valence-corrected chi connectivity index (χ1v) is 8.55. The highest BCUT2D eigenvalue weighted by molar-refractivity contribution is 5.96. The predicted octanol–water partition coefficient (Wildman–Crippen LogP) is 3.38. The van der Waals surface area contributed by atoms with Gasteiger partial charge in [0.15, 0.2) is 0 Å². The number of para-hydroxylation sites is 1. The van der Waals surface area contributed by atoms with Gasteiger partial charge in [0.25, 0.3) is 5.91 Å². The molecule has 0 saturated heterocycles. The minimum Gasteiger partial charge on any atom is -0.507 e. The molecule has 5 nitrogen and oxygen atoms in total. The number of phenols is 1. The number of aromatic hydroxyl groups is 1. The van der Waals surface area contributed by atoms with Crippen LogP contribution in [-0.2, 0) is 6.42 Å². The van der Waals surface area contributed by atoms with Crippen LogP contribution in [0.1, 0.15) is 60.8 Å². The van der Waals surface area contributed by atoms with Crippen molar-refractivity contribution in [2.24, 2.45) is 5.41 Å². The summed E-state index contributed by atoms with van der Waals surface area (Å²) in [6, 6.07) is 8.77. The number of benzene rings is 1. The van der Waals surface area contributed by atoms with Gasteiger partial charge in [0.2, 0.25) is 0 Å². The smallest absolute Gasteiger partial charge is 0.255 e. The van der Waals surface area contributed by atoms with Crippen LogP contribution in [0, 0.1) is 5.41 Å². The van der Waals surface area contributed by atoms with Gasteiger partial charge in [-0.2, -0.15) is 5.10 Å². The maximum Gasteiger partial charge on any atom is 0.255 e. The number of aromatic nitrogens is 2. The summed E-state index contributed by atoms with van der Waals surface area (Å²) in [5, 5.41) is 20.2. The van der Waals surface area contributed by atoms with Crippen molar-refractivity contribution in [2.45, 2.75) is 45.4 Å². The van der Waals surface area contributed by atoms with E-state index in [2.05, 4.69) is 35.4 Å². The van der Waals surface area contributed by atoms with Crippen LogP contribution in [0.15, 0.2) is 30.3 Å². The maximum absolute atomic E-state index is 12.1. The molecule has 1 fully saturated rings. The zero-order valence-electron chi connectivity index (χ0n) is 14.3. The highest BCUT2D eigenvalue weighted by Crippen LogP contribution is 2.39. The van der Waals surface area contributed by atoms with E-state index in [9.17, 15) is 9.90 Å². The van der Waals surface area contributed by atoms with Crippen molar-refractivity contribution in [3.05, 3.63) is 47.3 Å². The molecular weight excluding hydrogens is 302 g/mol. The number of hydrogen-bond donors (Lipinski definition) is 3. The van der Waals surface area contributed by atoms with E-state index < -0.39 is 0 Å². The van der Waals surface area contributed by atoms with Crippen LogP contribution in [0.3, 0.4) is 0 Å². The zero-order chi connectivity index (χ0) is 17.2. The minimum absolute atomic E-state index is 0.0124. The Kier molecular flexibility index (Phi) is 4.60. The Balaban J connectivity index is 1.49. The second-order valence-electron chi connectivity index (χ2n) is 7.45. The first kappa shape index (κ1) is 16.6. The lowest BCUT2D eigenvalue weighted by Gasteiger charge is -2.23. The lowest BCUT2D eigenvalue weighted by Crippen LogP contribution is -2.29. The van der Waals surface area contributed by atoms with Gasteiger partial charge in [0, 0.05) is 18.2 Å². The van der Waals surface area contributed by atoms with Crippen molar-refractivity contribution in [1.82, 2.24) is 15.5 Å². The van der Waals surface area contributed by atoms with E-state index >= 15 is 0 Å². The summed E-state index contributed by atoms with van der Waals surface area (Å²) in [4.78, 5) is 12.1. The number of carbonyl (C=O) groups excluding carboxylic acids is 1. The number of H-pyrrole nitrogens is 1. The molecule has 1 aromatic heterocycles. The summed E-state index contributed by atoms with van der Waals surface area (Å²) in [5.74, 6) is 0.463. The number of nitrogens with one attached hydrogen (secondary N) is 2. The first-order chi connectivity index (χ1) is 11.4. The molecule has 2 aromatic rings. The lowest BCUT2D eigenvalue weighted by molar-refractivity contribution is 0.0946. The summed E-state index contributed by atoms with van der Waals surface area (Å²) < 4.78 is 0. The molecule has 1 heterocycles. The first-order valence-electron chi connectivity index (χ1n) is 8.55. The number of rotatable bonds is 7. The molecule has 0 spiro atoms. The van der Waals surface area contributed by atoms with Crippen LogP contribution in [-0.4, -0.2) is 27.8 Å². The third kappa shape index (κ3) is 4.16. The molecule has 1 amide bonds. The van der Waals surface area contributed by atoms with Crippen LogP contribution < -0.4 is 5.32 Å². The maximum atomic E-state index is 12.1. The van der Waals surface area contributed by atoms with E-state index in [4.69, 9.17) is 0 Å². The number of nitrogens with zero attached hydrogens (tertiary/aromatic N) is 1. The van der Waals surface area contributed by atoms with Crippen LogP contribution in [0.5, 0.6) is 5.75 Å². The molecule has 1 aliphatic carbocycles. The number of aromatic amines is 1. The molecular formula is C19H25N3O2. The van der Waals surface area contributed by atoms with Gasteiger partial charge in [-0.15, -0.1) is 0 Å². The summed E-state index contributed by atoms with van der Waals surface area (Å²) in [7, 11) is 0. The second kappa shape index (κ2) is 6.67. The van der Waals surface area contributed by atoms with Gasteiger partial charge in [0.1, 0.15) is 5.75 Å². The number of amides is 1. The molecule has 0 unspecified atom stereocenters. The topological polar surface area (TPSA) is 78.0 Å². The highest BCUT2D eigenvalue weighted by atomic mass is 16.3. The van der Waals surface area contributed by atoms with Crippen molar-refractivity contribution in [1.29, 1.82) is 0 Å². The molecule has 1 aliphatic rings. The van der Waals surface area contributed by atoms with Crippen molar-refractivity contribution < 1.29 is 9.90 Å². The number of carbonyl (C=O) groups is 1. The van der Waals surface area contributed by atoms with Crippen LogP contribution in [0.25, 0.3) is 0 Å². The summed E-state index contributed by atoms with van der Waals surface area (Å²) in [6.45, 7) is 4.94. The average Bonchev–Trinajstić information content (AvgIpc) is 3.28. The average molecular weight is 327 g/mol. The van der Waals surface area contributed by atoms with Gasteiger partial charge in [-0.1, -0.05) is 26.0 Å². The fourth-order valence-electron chi connectivity index (χ4n) is 2.93. The minimum atomic E-state index is -0.236.